The Morgan fingerprint density at radius 1 is 1.11 bits per heavy atom. The Kier molecular flexibility index (Phi) is 7.14. The standard InChI is InChI=1S/C19H18F3N3O3/c1-2-28-15-9-7-13(8-10-15)18(27)23-12-17(26)25-24-11-14-5-3-4-6-16(14)19(20,21)22/h3-11H,2,12H2,1H3,(H,23,27)(H,25,26)/b24-11+. The number of hydrogen-bond donors (Lipinski definition) is 2. The number of ether oxygens (including phenoxy) is 1. The molecule has 0 saturated carbocycles. The van der Waals surface area contributed by atoms with Gasteiger partial charge in [-0.2, -0.15) is 18.3 Å². The molecule has 0 aliphatic rings. The highest BCUT2D eigenvalue weighted by atomic mass is 19.4. The summed E-state index contributed by atoms with van der Waals surface area (Å²) in [5.41, 5.74) is 1.35. The highest BCUT2D eigenvalue weighted by Gasteiger charge is 2.32. The van der Waals surface area contributed by atoms with Gasteiger partial charge in [-0.3, -0.25) is 9.59 Å². The third kappa shape index (κ3) is 6.11. The van der Waals surface area contributed by atoms with Crippen molar-refractivity contribution in [3.05, 3.63) is 65.2 Å². The largest absolute Gasteiger partial charge is 0.494 e. The number of carbonyl (C=O) groups is 2. The van der Waals surface area contributed by atoms with E-state index in [1.807, 2.05) is 6.92 Å². The Bertz CT molecular complexity index is 849. The van der Waals surface area contributed by atoms with E-state index in [0.29, 0.717) is 17.9 Å². The first-order valence-corrected chi connectivity index (χ1v) is 8.30. The topological polar surface area (TPSA) is 79.8 Å². The minimum Gasteiger partial charge on any atom is -0.494 e. The lowest BCUT2D eigenvalue weighted by atomic mass is 10.1. The summed E-state index contributed by atoms with van der Waals surface area (Å²) in [5.74, 6) is -0.546. The van der Waals surface area contributed by atoms with Crippen LogP contribution in [0.4, 0.5) is 13.2 Å². The highest BCUT2D eigenvalue weighted by molar-refractivity contribution is 5.96. The fourth-order valence-corrected chi connectivity index (χ4v) is 2.21. The molecule has 2 amide bonds. The summed E-state index contributed by atoms with van der Waals surface area (Å²) in [7, 11) is 0. The molecule has 2 N–H and O–H groups in total. The number of halogens is 3. The molecule has 0 spiro atoms. The second-order valence-corrected chi connectivity index (χ2v) is 5.52. The molecular weight excluding hydrogens is 375 g/mol. The van der Waals surface area contributed by atoms with E-state index in [1.165, 1.54) is 18.2 Å². The third-order valence-corrected chi connectivity index (χ3v) is 3.50. The van der Waals surface area contributed by atoms with E-state index in [4.69, 9.17) is 4.74 Å². The summed E-state index contributed by atoms with van der Waals surface area (Å²) < 4.78 is 43.9. The molecule has 2 aromatic rings. The first-order chi connectivity index (χ1) is 13.3. The second kappa shape index (κ2) is 9.54. The van der Waals surface area contributed by atoms with E-state index in [1.54, 1.807) is 24.3 Å². The zero-order valence-corrected chi connectivity index (χ0v) is 14.9. The van der Waals surface area contributed by atoms with Gasteiger partial charge in [-0.25, -0.2) is 5.43 Å². The zero-order valence-electron chi connectivity index (χ0n) is 14.9. The van der Waals surface area contributed by atoms with Crippen molar-refractivity contribution in [1.29, 1.82) is 0 Å². The monoisotopic (exact) mass is 393 g/mol. The summed E-state index contributed by atoms with van der Waals surface area (Å²) in [6, 6.07) is 11.2. The van der Waals surface area contributed by atoms with Crippen LogP contribution in [0.1, 0.15) is 28.4 Å². The van der Waals surface area contributed by atoms with Crippen LogP contribution in [-0.4, -0.2) is 31.2 Å². The van der Waals surface area contributed by atoms with Gasteiger partial charge >= 0.3 is 6.18 Å². The quantitative estimate of drug-likeness (QED) is 0.561. The summed E-state index contributed by atoms with van der Waals surface area (Å²) in [6.07, 6.45) is -3.63. The van der Waals surface area contributed by atoms with Gasteiger partial charge in [0.05, 0.1) is 24.9 Å². The Morgan fingerprint density at radius 2 is 1.79 bits per heavy atom. The van der Waals surface area contributed by atoms with E-state index in [0.717, 1.165) is 12.3 Å². The van der Waals surface area contributed by atoms with Gasteiger partial charge in [0, 0.05) is 11.1 Å². The van der Waals surface area contributed by atoms with Crippen LogP contribution < -0.4 is 15.5 Å². The lowest BCUT2D eigenvalue weighted by Gasteiger charge is -2.09. The molecule has 9 heteroatoms. The van der Waals surface area contributed by atoms with Crippen LogP contribution in [0.25, 0.3) is 0 Å². The van der Waals surface area contributed by atoms with Gasteiger partial charge in [-0.15, -0.1) is 0 Å². The fraction of sp³-hybridized carbons (Fsp3) is 0.211. The van der Waals surface area contributed by atoms with Crippen LogP contribution >= 0.6 is 0 Å². The lowest BCUT2D eigenvalue weighted by molar-refractivity contribution is -0.137. The summed E-state index contributed by atoms with van der Waals surface area (Å²) in [4.78, 5) is 23.7. The molecule has 148 valence electrons. The van der Waals surface area contributed by atoms with Crippen molar-refractivity contribution in [2.24, 2.45) is 5.10 Å². The van der Waals surface area contributed by atoms with Crippen molar-refractivity contribution in [1.82, 2.24) is 10.7 Å². The zero-order chi connectivity index (χ0) is 20.6. The minimum atomic E-state index is -4.53. The molecule has 28 heavy (non-hydrogen) atoms. The Morgan fingerprint density at radius 3 is 2.43 bits per heavy atom. The van der Waals surface area contributed by atoms with Crippen LogP contribution in [0.5, 0.6) is 5.75 Å². The first kappa shape index (κ1) is 20.9. The van der Waals surface area contributed by atoms with Crippen LogP contribution in [0.15, 0.2) is 53.6 Å². The Balaban J connectivity index is 1.86. The number of rotatable bonds is 7. The van der Waals surface area contributed by atoms with Crippen molar-refractivity contribution in [2.75, 3.05) is 13.2 Å². The van der Waals surface area contributed by atoms with Crippen LogP contribution in [0.3, 0.4) is 0 Å². The van der Waals surface area contributed by atoms with E-state index >= 15 is 0 Å². The van der Waals surface area contributed by atoms with E-state index in [-0.39, 0.29) is 12.1 Å². The number of carbonyl (C=O) groups excluding carboxylic acids is 2. The fourth-order valence-electron chi connectivity index (χ4n) is 2.21. The average Bonchev–Trinajstić information content (AvgIpc) is 2.66. The van der Waals surface area contributed by atoms with E-state index in [2.05, 4.69) is 15.8 Å². The predicted molar refractivity (Wildman–Crippen MR) is 97.1 cm³/mol. The molecule has 2 rings (SSSR count). The van der Waals surface area contributed by atoms with E-state index in [9.17, 15) is 22.8 Å². The SMILES string of the molecule is CCOc1ccc(C(=O)NCC(=O)N/N=C/c2ccccc2C(F)(F)F)cc1. The molecule has 0 atom stereocenters. The maximum atomic E-state index is 12.9. The van der Waals surface area contributed by atoms with Gasteiger partial charge in [0.2, 0.25) is 0 Å². The third-order valence-electron chi connectivity index (χ3n) is 3.50. The molecule has 0 aromatic heterocycles. The number of nitrogens with zero attached hydrogens (tertiary/aromatic N) is 1. The van der Waals surface area contributed by atoms with Gasteiger partial charge in [0.25, 0.3) is 11.8 Å². The number of amides is 2. The molecule has 0 aliphatic heterocycles. The number of nitrogens with one attached hydrogen (secondary N) is 2. The number of hydrazone groups is 1. The minimum absolute atomic E-state index is 0.186. The predicted octanol–water partition coefficient (Wildman–Crippen LogP) is 2.98. The van der Waals surface area contributed by atoms with Crippen molar-refractivity contribution in [3.63, 3.8) is 0 Å². The van der Waals surface area contributed by atoms with Crippen molar-refractivity contribution in [3.8, 4) is 5.75 Å². The molecule has 0 aliphatic carbocycles. The average molecular weight is 393 g/mol. The highest BCUT2D eigenvalue weighted by Crippen LogP contribution is 2.30. The summed E-state index contributed by atoms with van der Waals surface area (Å²) in [5, 5.41) is 5.89. The molecule has 0 radical (unpaired) electrons. The molecule has 0 fully saturated rings. The van der Waals surface area contributed by atoms with Gasteiger partial charge in [0.15, 0.2) is 0 Å². The maximum absolute atomic E-state index is 12.9. The van der Waals surface area contributed by atoms with Crippen molar-refractivity contribution >= 4 is 18.0 Å². The van der Waals surface area contributed by atoms with E-state index < -0.39 is 23.6 Å². The first-order valence-electron chi connectivity index (χ1n) is 8.30. The lowest BCUT2D eigenvalue weighted by Crippen LogP contribution is -2.34. The second-order valence-electron chi connectivity index (χ2n) is 5.52. The van der Waals surface area contributed by atoms with Gasteiger partial charge in [0.1, 0.15) is 5.75 Å². The van der Waals surface area contributed by atoms with Crippen molar-refractivity contribution in [2.45, 2.75) is 13.1 Å². The molecule has 6 nitrogen and oxygen atoms in total. The number of benzene rings is 2. The Labute approximate surface area is 159 Å². The number of alkyl halides is 3. The van der Waals surface area contributed by atoms with Gasteiger partial charge < -0.3 is 10.1 Å². The van der Waals surface area contributed by atoms with Crippen LogP contribution in [-0.2, 0) is 11.0 Å². The Hall–Kier alpha value is -3.36. The van der Waals surface area contributed by atoms with Crippen LogP contribution in [0.2, 0.25) is 0 Å². The summed E-state index contributed by atoms with van der Waals surface area (Å²) >= 11 is 0. The smallest absolute Gasteiger partial charge is 0.417 e. The molecule has 0 saturated heterocycles. The molecule has 0 bridgehead atoms. The van der Waals surface area contributed by atoms with Crippen LogP contribution in [0, 0.1) is 0 Å². The van der Waals surface area contributed by atoms with Crippen molar-refractivity contribution < 1.29 is 27.5 Å². The molecular formula is C19H18F3N3O3. The number of hydrogen-bond acceptors (Lipinski definition) is 4. The van der Waals surface area contributed by atoms with Gasteiger partial charge in [-0.05, 0) is 37.3 Å². The summed E-state index contributed by atoms with van der Waals surface area (Å²) in [6.45, 7) is 1.95. The normalized spacial score (nSPS) is 11.3. The molecule has 0 unspecified atom stereocenters. The maximum Gasteiger partial charge on any atom is 0.417 e. The molecule has 0 heterocycles. The van der Waals surface area contributed by atoms with Gasteiger partial charge in [-0.1, -0.05) is 18.2 Å². The molecule has 2 aromatic carbocycles.